The van der Waals surface area contributed by atoms with Crippen molar-refractivity contribution in [2.75, 3.05) is 7.05 Å². The Labute approximate surface area is 186 Å². The molecule has 4 rings (SSSR count). The van der Waals surface area contributed by atoms with E-state index >= 15 is 0 Å². The zero-order valence-corrected chi connectivity index (χ0v) is 19.4. The molecule has 0 bridgehead atoms. The molecule has 1 heterocycles. The third-order valence-electron chi connectivity index (χ3n) is 6.53. The number of ether oxygens (including phenoxy) is 1. The van der Waals surface area contributed by atoms with E-state index in [-0.39, 0.29) is 18.1 Å². The van der Waals surface area contributed by atoms with E-state index in [1.54, 1.807) is 0 Å². The smallest absolute Gasteiger partial charge is 0.307 e. The van der Waals surface area contributed by atoms with Crippen LogP contribution in [-0.2, 0) is 9.53 Å². The monoisotopic (exact) mass is 429 g/mol. The Bertz CT molecular complexity index is 881. The van der Waals surface area contributed by atoms with Crippen molar-refractivity contribution in [3.05, 3.63) is 91.0 Å². The summed E-state index contributed by atoms with van der Waals surface area (Å²) in [6.45, 7) is 2.00. The van der Waals surface area contributed by atoms with Gasteiger partial charge in [0, 0.05) is 6.04 Å². The molecule has 31 heavy (non-hydrogen) atoms. The van der Waals surface area contributed by atoms with Crippen LogP contribution in [0.5, 0.6) is 0 Å². The van der Waals surface area contributed by atoms with Gasteiger partial charge in [-0.05, 0) is 48.8 Å². The molecule has 0 N–H and O–H groups in total. The number of esters is 1. The summed E-state index contributed by atoms with van der Waals surface area (Å²) < 4.78 is 8.20. The summed E-state index contributed by atoms with van der Waals surface area (Å²) in [6, 6.07) is 32.7. The molecule has 0 saturated carbocycles. The highest BCUT2D eigenvalue weighted by molar-refractivity contribution is 7.09. The number of carbonyl (C=O) groups excluding carboxylic acids is 1. The van der Waals surface area contributed by atoms with Crippen LogP contribution in [0.3, 0.4) is 0 Å². The molecule has 1 aliphatic rings. The third-order valence-corrected chi connectivity index (χ3v) is 11.5. The van der Waals surface area contributed by atoms with E-state index < -0.39 is 8.24 Å². The Balaban J connectivity index is 1.90. The van der Waals surface area contributed by atoms with Crippen molar-refractivity contribution in [1.29, 1.82) is 0 Å². The van der Waals surface area contributed by atoms with Gasteiger partial charge in [-0.15, -0.1) is 0 Å². The molecule has 1 saturated heterocycles. The standard InChI is InChI=1S/C27H31NO2Si/c1-22-13-12-14-23(21-27(29)30-22)28(2)31(24-15-6-3-7-16-24,25-17-8-4-9-18-25)26-19-10-5-11-20-26/h3-11,15-20,22-23H,12-14,21H2,1-2H3. The van der Waals surface area contributed by atoms with Gasteiger partial charge in [0.1, 0.15) is 0 Å². The van der Waals surface area contributed by atoms with Crippen molar-refractivity contribution in [3.8, 4) is 0 Å². The third kappa shape index (κ3) is 4.36. The van der Waals surface area contributed by atoms with Crippen molar-refractivity contribution >= 4 is 29.8 Å². The molecule has 0 amide bonds. The molecule has 4 heteroatoms. The Hall–Kier alpha value is -2.69. The van der Waals surface area contributed by atoms with Gasteiger partial charge in [-0.2, -0.15) is 0 Å². The molecule has 3 nitrogen and oxygen atoms in total. The summed E-state index contributed by atoms with van der Waals surface area (Å²) in [6.07, 6.45) is 3.43. The van der Waals surface area contributed by atoms with E-state index in [0.29, 0.717) is 6.42 Å². The lowest BCUT2D eigenvalue weighted by Gasteiger charge is -2.45. The maximum Gasteiger partial charge on any atom is 0.307 e. The van der Waals surface area contributed by atoms with Gasteiger partial charge in [0.2, 0.25) is 8.24 Å². The van der Waals surface area contributed by atoms with Crippen molar-refractivity contribution in [2.45, 2.75) is 44.8 Å². The highest BCUT2D eigenvalue weighted by atomic mass is 28.3. The maximum atomic E-state index is 12.7. The van der Waals surface area contributed by atoms with Gasteiger partial charge in [-0.1, -0.05) is 91.0 Å². The molecule has 0 aliphatic carbocycles. The quantitative estimate of drug-likeness (QED) is 0.353. The molecule has 0 aromatic heterocycles. The van der Waals surface area contributed by atoms with Gasteiger partial charge >= 0.3 is 5.97 Å². The first-order valence-electron chi connectivity index (χ1n) is 11.2. The van der Waals surface area contributed by atoms with Gasteiger partial charge in [0.05, 0.1) is 12.5 Å². The number of hydrogen-bond donors (Lipinski definition) is 0. The lowest BCUT2D eigenvalue weighted by molar-refractivity contribution is -0.150. The zero-order chi connectivity index (χ0) is 21.7. The molecular weight excluding hydrogens is 398 g/mol. The summed E-state index contributed by atoms with van der Waals surface area (Å²) >= 11 is 0. The summed E-state index contributed by atoms with van der Waals surface area (Å²) in [5.41, 5.74) is 0. The molecule has 160 valence electrons. The Morgan fingerprint density at radius 3 is 1.68 bits per heavy atom. The zero-order valence-electron chi connectivity index (χ0n) is 18.4. The van der Waals surface area contributed by atoms with Crippen molar-refractivity contribution < 1.29 is 9.53 Å². The second-order valence-corrected chi connectivity index (χ2v) is 12.4. The van der Waals surface area contributed by atoms with E-state index in [9.17, 15) is 4.79 Å². The van der Waals surface area contributed by atoms with Crippen molar-refractivity contribution in [1.82, 2.24) is 4.57 Å². The summed E-state index contributed by atoms with van der Waals surface area (Å²) in [4.78, 5) is 12.7. The second kappa shape index (κ2) is 9.63. The fourth-order valence-corrected chi connectivity index (χ4v) is 10.0. The first-order valence-corrected chi connectivity index (χ1v) is 13.2. The highest BCUT2D eigenvalue weighted by Crippen LogP contribution is 2.23. The first kappa shape index (κ1) is 21.5. The molecule has 2 atom stereocenters. The molecule has 2 unspecified atom stereocenters. The van der Waals surface area contributed by atoms with E-state index in [4.69, 9.17) is 4.74 Å². The van der Waals surface area contributed by atoms with Crippen LogP contribution in [0.2, 0.25) is 0 Å². The molecule has 3 aromatic carbocycles. The van der Waals surface area contributed by atoms with E-state index in [1.807, 2.05) is 6.92 Å². The van der Waals surface area contributed by atoms with Gasteiger partial charge in [0.25, 0.3) is 0 Å². The van der Waals surface area contributed by atoms with Crippen LogP contribution in [0, 0.1) is 0 Å². The minimum absolute atomic E-state index is 0.0122. The molecular formula is C27H31NO2Si. The van der Waals surface area contributed by atoms with Crippen LogP contribution in [0.1, 0.15) is 32.6 Å². The van der Waals surface area contributed by atoms with Crippen LogP contribution in [0.25, 0.3) is 0 Å². The highest BCUT2D eigenvalue weighted by Gasteiger charge is 2.46. The molecule has 0 spiro atoms. The van der Waals surface area contributed by atoms with E-state index in [0.717, 1.165) is 19.3 Å². The minimum atomic E-state index is -2.57. The molecule has 3 aromatic rings. The largest absolute Gasteiger partial charge is 0.463 e. The average molecular weight is 430 g/mol. The summed E-state index contributed by atoms with van der Waals surface area (Å²) in [5.74, 6) is -0.0823. The molecule has 0 radical (unpaired) electrons. The average Bonchev–Trinajstić information content (AvgIpc) is 2.80. The van der Waals surface area contributed by atoms with Crippen molar-refractivity contribution in [3.63, 3.8) is 0 Å². The van der Waals surface area contributed by atoms with E-state index in [2.05, 4.69) is 103 Å². The number of hydrogen-bond acceptors (Lipinski definition) is 3. The topological polar surface area (TPSA) is 29.5 Å². The number of rotatable bonds is 5. The number of nitrogens with zero attached hydrogens (tertiary/aromatic N) is 1. The van der Waals surface area contributed by atoms with E-state index in [1.165, 1.54) is 15.6 Å². The van der Waals surface area contributed by atoms with Gasteiger partial charge in [0.15, 0.2) is 0 Å². The van der Waals surface area contributed by atoms with Gasteiger partial charge in [-0.25, -0.2) is 0 Å². The Morgan fingerprint density at radius 2 is 1.23 bits per heavy atom. The van der Waals surface area contributed by atoms with Crippen molar-refractivity contribution in [2.24, 2.45) is 0 Å². The number of cyclic esters (lactones) is 1. The van der Waals surface area contributed by atoms with Crippen LogP contribution >= 0.6 is 0 Å². The fraction of sp³-hybridized carbons (Fsp3) is 0.296. The lowest BCUT2D eigenvalue weighted by atomic mass is 10.0. The second-order valence-electron chi connectivity index (χ2n) is 8.51. The summed E-state index contributed by atoms with van der Waals surface area (Å²) in [5, 5.41) is 4.00. The first-order chi connectivity index (χ1) is 15.1. The number of benzene rings is 3. The van der Waals surface area contributed by atoms with Crippen LogP contribution in [0.15, 0.2) is 91.0 Å². The summed E-state index contributed by atoms with van der Waals surface area (Å²) in [7, 11) is -0.350. The Morgan fingerprint density at radius 1 is 0.774 bits per heavy atom. The minimum Gasteiger partial charge on any atom is -0.463 e. The van der Waals surface area contributed by atoms with Crippen LogP contribution in [0.4, 0.5) is 0 Å². The lowest BCUT2D eigenvalue weighted by Crippen LogP contribution is -2.78. The van der Waals surface area contributed by atoms with Gasteiger partial charge < -0.3 is 9.30 Å². The maximum absolute atomic E-state index is 12.7. The fourth-order valence-electron chi connectivity index (χ4n) is 5.02. The predicted octanol–water partition coefficient (Wildman–Crippen LogP) is 3.46. The molecule has 1 fully saturated rings. The SMILES string of the molecule is CC1CCCC(N(C)[Si](c2ccccc2)(c2ccccc2)c2ccccc2)CC(=O)O1. The predicted molar refractivity (Wildman–Crippen MR) is 130 cm³/mol. The molecule has 1 aliphatic heterocycles. The van der Waals surface area contributed by atoms with Crippen LogP contribution in [-0.4, -0.2) is 38.0 Å². The normalized spacial score (nSPS) is 20.0. The van der Waals surface area contributed by atoms with Crippen LogP contribution < -0.4 is 15.6 Å². The Kier molecular flexibility index (Phi) is 6.69. The number of carbonyl (C=O) groups is 1. The van der Waals surface area contributed by atoms with Gasteiger partial charge in [-0.3, -0.25) is 4.79 Å².